The second-order valence-electron chi connectivity index (χ2n) is 5.16. The van der Waals surface area contributed by atoms with Crippen LogP contribution in [0.15, 0.2) is 29.2 Å². The molecule has 0 aliphatic carbocycles. The Labute approximate surface area is 132 Å². The molecule has 3 heteroatoms. The van der Waals surface area contributed by atoms with Gasteiger partial charge in [-0.3, -0.25) is 4.79 Å². The summed E-state index contributed by atoms with van der Waals surface area (Å²) in [7, 11) is 0. The third-order valence-corrected chi connectivity index (χ3v) is 4.54. The van der Waals surface area contributed by atoms with Gasteiger partial charge in [-0.2, -0.15) is 0 Å². The van der Waals surface area contributed by atoms with Crippen LogP contribution in [0.1, 0.15) is 58.3 Å². The van der Waals surface area contributed by atoms with Gasteiger partial charge in [0.05, 0.1) is 5.75 Å². The lowest BCUT2D eigenvalue weighted by molar-refractivity contribution is -0.116. The van der Waals surface area contributed by atoms with Crippen molar-refractivity contribution >= 4 is 29.1 Å². The lowest BCUT2D eigenvalue weighted by Gasteiger charge is -2.03. The van der Waals surface area contributed by atoms with E-state index in [0.29, 0.717) is 11.5 Å². The second-order valence-corrected chi connectivity index (χ2v) is 6.64. The average molecular weight is 313 g/mol. The minimum absolute atomic E-state index is 0.350. The van der Waals surface area contributed by atoms with Gasteiger partial charge in [0.2, 0.25) is 0 Å². The molecule has 0 aromatic heterocycles. The maximum Gasteiger partial charge on any atom is 0.143 e. The van der Waals surface area contributed by atoms with Crippen LogP contribution < -0.4 is 0 Å². The van der Waals surface area contributed by atoms with Crippen molar-refractivity contribution in [2.75, 3.05) is 5.75 Å². The molecule has 0 aliphatic heterocycles. The van der Waals surface area contributed by atoms with Crippen LogP contribution in [-0.4, -0.2) is 11.5 Å². The summed E-state index contributed by atoms with van der Waals surface area (Å²) in [6.45, 7) is 2.23. The number of hydrogen-bond donors (Lipinski definition) is 0. The number of rotatable bonds is 11. The molecule has 0 amide bonds. The van der Waals surface area contributed by atoms with Crippen LogP contribution in [0.4, 0.5) is 0 Å². The van der Waals surface area contributed by atoms with E-state index in [2.05, 4.69) is 6.92 Å². The van der Waals surface area contributed by atoms with Gasteiger partial charge in [0.15, 0.2) is 0 Å². The molecule has 1 rings (SSSR count). The van der Waals surface area contributed by atoms with E-state index in [9.17, 15) is 4.79 Å². The molecule has 0 unspecified atom stereocenters. The number of halogens is 1. The molecule has 0 bridgehead atoms. The van der Waals surface area contributed by atoms with E-state index in [1.807, 2.05) is 24.3 Å². The number of carbonyl (C=O) groups excluding carboxylic acids is 1. The van der Waals surface area contributed by atoms with E-state index in [1.54, 1.807) is 11.8 Å². The number of hydrogen-bond acceptors (Lipinski definition) is 2. The molecule has 0 spiro atoms. The Kier molecular flexibility index (Phi) is 9.86. The van der Waals surface area contributed by atoms with Crippen molar-refractivity contribution in [3.63, 3.8) is 0 Å². The topological polar surface area (TPSA) is 17.1 Å². The Morgan fingerprint density at radius 1 is 1.10 bits per heavy atom. The smallest absolute Gasteiger partial charge is 0.143 e. The standard InChI is InChI=1S/C17H25ClOS/c1-2-3-4-5-6-7-8-11-16(19)14-20-17-12-9-10-15(18)13-17/h9-10,12-13H,2-8,11,14H2,1H3. The Morgan fingerprint density at radius 3 is 2.50 bits per heavy atom. The van der Waals surface area contributed by atoms with Crippen molar-refractivity contribution in [2.24, 2.45) is 0 Å². The minimum atomic E-state index is 0.350. The Morgan fingerprint density at radius 2 is 1.80 bits per heavy atom. The van der Waals surface area contributed by atoms with Gasteiger partial charge in [-0.25, -0.2) is 0 Å². The highest BCUT2D eigenvalue weighted by atomic mass is 35.5. The van der Waals surface area contributed by atoms with Gasteiger partial charge in [0.1, 0.15) is 5.78 Å². The molecule has 0 N–H and O–H groups in total. The molecule has 0 radical (unpaired) electrons. The maximum atomic E-state index is 11.8. The van der Waals surface area contributed by atoms with Gasteiger partial charge < -0.3 is 0 Å². The Bertz CT molecular complexity index is 392. The van der Waals surface area contributed by atoms with Gasteiger partial charge in [-0.15, -0.1) is 11.8 Å². The maximum absolute atomic E-state index is 11.8. The number of unbranched alkanes of at least 4 members (excludes halogenated alkanes) is 6. The molecule has 0 saturated carbocycles. The SMILES string of the molecule is CCCCCCCCCC(=O)CSc1cccc(Cl)c1. The predicted octanol–water partition coefficient (Wildman–Crippen LogP) is 6.14. The lowest BCUT2D eigenvalue weighted by atomic mass is 10.1. The van der Waals surface area contributed by atoms with E-state index >= 15 is 0 Å². The third kappa shape index (κ3) is 8.65. The number of benzene rings is 1. The number of carbonyl (C=O) groups is 1. The minimum Gasteiger partial charge on any atom is -0.299 e. The first-order valence-electron chi connectivity index (χ1n) is 7.62. The van der Waals surface area contributed by atoms with Crippen molar-refractivity contribution in [3.8, 4) is 0 Å². The first kappa shape index (κ1) is 17.6. The van der Waals surface area contributed by atoms with Gasteiger partial charge in [-0.05, 0) is 24.6 Å². The van der Waals surface area contributed by atoms with Crippen molar-refractivity contribution < 1.29 is 4.79 Å². The summed E-state index contributed by atoms with van der Waals surface area (Å²) in [6.07, 6.45) is 9.52. The van der Waals surface area contributed by atoms with Crippen LogP contribution >= 0.6 is 23.4 Å². The van der Waals surface area contributed by atoms with Gasteiger partial charge >= 0.3 is 0 Å². The van der Waals surface area contributed by atoms with Crippen LogP contribution in [0.2, 0.25) is 5.02 Å². The van der Waals surface area contributed by atoms with Crippen molar-refractivity contribution in [1.29, 1.82) is 0 Å². The molecule has 1 nitrogen and oxygen atoms in total. The van der Waals surface area contributed by atoms with E-state index < -0.39 is 0 Å². The van der Waals surface area contributed by atoms with E-state index in [1.165, 1.54) is 38.5 Å². The Hall–Kier alpha value is -0.470. The van der Waals surface area contributed by atoms with Gasteiger partial charge in [-0.1, -0.05) is 63.1 Å². The summed E-state index contributed by atoms with van der Waals surface area (Å²) in [5.41, 5.74) is 0. The third-order valence-electron chi connectivity index (χ3n) is 3.26. The normalized spacial score (nSPS) is 10.7. The second kappa shape index (κ2) is 11.2. The fraction of sp³-hybridized carbons (Fsp3) is 0.588. The average Bonchev–Trinajstić information content (AvgIpc) is 2.44. The van der Waals surface area contributed by atoms with Crippen LogP contribution in [0.25, 0.3) is 0 Å². The number of ketones is 1. The summed E-state index contributed by atoms with van der Waals surface area (Å²) >= 11 is 7.50. The summed E-state index contributed by atoms with van der Waals surface area (Å²) in [6, 6.07) is 7.68. The van der Waals surface area contributed by atoms with Crippen molar-refractivity contribution in [3.05, 3.63) is 29.3 Å². The first-order chi connectivity index (χ1) is 9.72. The summed E-state index contributed by atoms with van der Waals surface area (Å²) in [4.78, 5) is 12.9. The summed E-state index contributed by atoms with van der Waals surface area (Å²) in [5, 5.41) is 0.731. The van der Waals surface area contributed by atoms with E-state index in [4.69, 9.17) is 11.6 Å². The van der Waals surface area contributed by atoms with E-state index in [0.717, 1.165) is 22.8 Å². The fourth-order valence-corrected chi connectivity index (χ4v) is 3.18. The summed E-state index contributed by atoms with van der Waals surface area (Å²) in [5.74, 6) is 0.916. The quantitative estimate of drug-likeness (QED) is 0.360. The van der Waals surface area contributed by atoms with Crippen molar-refractivity contribution in [2.45, 2.75) is 63.2 Å². The molecule has 0 heterocycles. The highest BCUT2D eigenvalue weighted by Gasteiger charge is 2.03. The molecule has 0 aliphatic rings. The first-order valence-corrected chi connectivity index (χ1v) is 8.99. The van der Waals surface area contributed by atoms with Crippen LogP contribution in [0.3, 0.4) is 0 Å². The molecule has 0 fully saturated rings. The monoisotopic (exact) mass is 312 g/mol. The van der Waals surface area contributed by atoms with Crippen LogP contribution in [0.5, 0.6) is 0 Å². The molecule has 1 aromatic rings. The van der Waals surface area contributed by atoms with Gasteiger partial charge in [0, 0.05) is 16.3 Å². The number of thioether (sulfide) groups is 1. The molecule has 0 saturated heterocycles. The fourth-order valence-electron chi connectivity index (χ4n) is 2.07. The number of Topliss-reactive ketones (excluding diaryl/α,β-unsaturated/α-hetero) is 1. The highest BCUT2D eigenvalue weighted by Crippen LogP contribution is 2.22. The molecular weight excluding hydrogens is 288 g/mol. The molecule has 20 heavy (non-hydrogen) atoms. The van der Waals surface area contributed by atoms with E-state index in [-0.39, 0.29) is 0 Å². The molecule has 1 aromatic carbocycles. The Balaban J connectivity index is 2.03. The predicted molar refractivity (Wildman–Crippen MR) is 89.8 cm³/mol. The molecular formula is C17H25ClOS. The molecule has 112 valence electrons. The largest absolute Gasteiger partial charge is 0.299 e. The lowest BCUT2D eigenvalue weighted by Crippen LogP contribution is -2.00. The zero-order valence-electron chi connectivity index (χ0n) is 12.4. The van der Waals surface area contributed by atoms with Gasteiger partial charge in [0.25, 0.3) is 0 Å². The summed E-state index contributed by atoms with van der Waals surface area (Å²) < 4.78 is 0. The van der Waals surface area contributed by atoms with Crippen LogP contribution in [-0.2, 0) is 4.79 Å². The zero-order valence-corrected chi connectivity index (χ0v) is 13.9. The van der Waals surface area contributed by atoms with Crippen molar-refractivity contribution in [1.82, 2.24) is 0 Å². The van der Waals surface area contributed by atoms with Crippen LogP contribution in [0, 0.1) is 0 Å². The zero-order chi connectivity index (χ0) is 14.6. The molecule has 0 atom stereocenters. The highest BCUT2D eigenvalue weighted by molar-refractivity contribution is 8.00.